The third-order valence-electron chi connectivity index (χ3n) is 6.52. The molecule has 1 fully saturated rings. The topological polar surface area (TPSA) is 53.0 Å². The number of rotatable bonds is 8. The molecule has 2 heterocycles. The van der Waals surface area contributed by atoms with Crippen LogP contribution in [0.4, 0.5) is 13.2 Å². The van der Waals surface area contributed by atoms with Crippen molar-refractivity contribution >= 4 is 30.0 Å². The highest BCUT2D eigenvalue weighted by molar-refractivity contribution is 5.92. The fourth-order valence-corrected chi connectivity index (χ4v) is 4.50. The molecule has 0 bridgehead atoms. The van der Waals surface area contributed by atoms with E-state index >= 15 is 0 Å². The van der Waals surface area contributed by atoms with Gasteiger partial charge in [-0.05, 0) is 54.7 Å². The van der Waals surface area contributed by atoms with Crippen LogP contribution in [-0.2, 0) is 11.0 Å². The lowest BCUT2D eigenvalue weighted by atomic mass is 9.98. The largest absolute Gasteiger partial charge is 0.490 e. The van der Waals surface area contributed by atoms with Crippen LogP contribution in [0.1, 0.15) is 36.0 Å². The second kappa shape index (κ2) is 13.1. The van der Waals surface area contributed by atoms with E-state index in [1.54, 1.807) is 12.2 Å². The summed E-state index contributed by atoms with van der Waals surface area (Å²) in [5.41, 5.74) is 1.93. The number of carbonyl (C=O) groups excluding carboxylic acids is 1. The van der Waals surface area contributed by atoms with Crippen molar-refractivity contribution in [1.82, 2.24) is 9.80 Å². The highest BCUT2D eigenvalue weighted by Gasteiger charge is 2.30. The zero-order valence-corrected chi connectivity index (χ0v) is 21.3. The van der Waals surface area contributed by atoms with Crippen molar-refractivity contribution in [2.24, 2.45) is 0 Å². The molecule has 37 heavy (non-hydrogen) atoms. The average molecular weight is 537 g/mol. The van der Waals surface area contributed by atoms with Crippen LogP contribution in [-0.4, -0.2) is 66.2 Å². The number of hydrogen-bond acceptors (Lipinski definition) is 4. The Morgan fingerprint density at radius 3 is 2.41 bits per heavy atom. The smallest absolute Gasteiger partial charge is 0.416 e. The van der Waals surface area contributed by atoms with Gasteiger partial charge in [0.25, 0.3) is 0 Å². The standard InChI is InChI=1S/C28H31F3N2O3.ClH/c29-28(30,31)24-10-7-21(8-11-24)22-13-17-32(18-14-22)19-25(34)20-36-26-6-2-1-5-23(26)9-12-27(35)33-15-3-4-16-33;/h1-2,5-13,25,34H,3-4,14-20H2;1H. The Balaban J connectivity index is 0.00000380. The van der Waals surface area contributed by atoms with Crippen molar-refractivity contribution in [2.75, 3.05) is 39.3 Å². The first-order valence-electron chi connectivity index (χ1n) is 12.3. The molecule has 4 rings (SSSR count). The van der Waals surface area contributed by atoms with Gasteiger partial charge in [0.2, 0.25) is 5.91 Å². The molecule has 2 aromatic carbocycles. The second-order valence-electron chi connectivity index (χ2n) is 9.18. The van der Waals surface area contributed by atoms with Gasteiger partial charge in [-0.1, -0.05) is 36.4 Å². The fourth-order valence-electron chi connectivity index (χ4n) is 4.50. The molecule has 9 heteroatoms. The van der Waals surface area contributed by atoms with E-state index in [0.717, 1.165) is 54.8 Å². The van der Waals surface area contributed by atoms with E-state index in [9.17, 15) is 23.1 Å². The molecular formula is C28H32ClF3N2O3. The number of para-hydroxylation sites is 1. The molecule has 1 saturated heterocycles. The molecule has 0 aliphatic carbocycles. The summed E-state index contributed by atoms with van der Waals surface area (Å²) in [5.74, 6) is 0.598. The monoisotopic (exact) mass is 536 g/mol. The zero-order chi connectivity index (χ0) is 25.5. The first-order chi connectivity index (χ1) is 17.3. The summed E-state index contributed by atoms with van der Waals surface area (Å²) in [7, 11) is 0. The van der Waals surface area contributed by atoms with Gasteiger partial charge in [0.05, 0.1) is 5.56 Å². The first-order valence-corrected chi connectivity index (χ1v) is 12.3. The second-order valence-corrected chi connectivity index (χ2v) is 9.18. The maximum Gasteiger partial charge on any atom is 0.416 e. The Labute approximate surface area is 221 Å². The van der Waals surface area contributed by atoms with Gasteiger partial charge in [0.15, 0.2) is 0 Å². The zero-order valence-electron chi connectivity index (χ0n) is 20.5. The summed E-state index contributed by atoms with van der Waals surface area (Å²) < 4.78 is 44.2. The average Bonchev–Trinajstić information content (AvgIpc) is 3.42. The highest BCUT2D eigenvalue weighted by atomic mass is 35.5. The number of benzene rings is 2. The number of halogens is 4. The van der Waals surface area contributed by atoms with E-state index in [-0.39, 0.29) is 24.9 Å². The third kappa shape index (κ3) is 8.09. The van der Waals surface area contributed by atoms with E-state index in [4.69, 9.17) is 4.74 Å². The number of β-amino-alcohol motifs (C(OH)–C–C–N with tert-alkyl or cyclic N) is 1. The maximum atomic E-state index is 12.8. The SMILES string of the molecule is Cl.O=C(C=Cc1ccccc1OCC(O)CN1CC=C(c2ccc(C(F)(F)F)cc2)CC1)N1CCCC1. The van der Waals surface area contributed by atoms with Gasteiger partial charge >= 0.3 is 6.18 Å². The van der Waals surface area contributed by atoms with Gasteiger partial charge in [-0.15, -0.1) is 12.4 Å². The molecule has 2 aromatic rings. The minimum absolute atomic E-state index is 0. The Morgan fingerprint density at radius 1 is 1.05 bits per heavy atom. The van der Waals surface area contributed by atoms with Crippen LogP contribution in [0.3, 0.4) is 0 Å². The van der Waals surface area contributed by atoms with Crippen molar-refractivity contribution in [3.8, 4) is 5.75 Å². The van der Waals surface area contributed by atoms with Crippen LogP contribution in [0, 0.1) is 0 Å². The van der Waals surface area contributed by atoms with E-state index in [2.05, 4.69) is 4.90 Å². The van der Waals surface area contributed by atoms with Crippen molar-refractivity contribution in [1.29, 1.82) is 0 Å². The Kier molecular flexibility index (Phi) is 10.2. The van der Waals surface area contributed by atoms with Gasteiger partial charge in [0, 0.05) is 44.4 Å². The molecule has 0 radical (unpaired) electrons. The molecule has 1 unspecified atom stereocenters. The minimum Gasteiger partial charge on any atom is -0.490 e. The summed E-state index contributed by atoms with van der Waals surface area (Å²) >= 11 is 0. The Hall–Kier alpha value is -2.81. The van der Waals surface area contributed by atoms with Gasteiger partial charge in [0.1, 0.15) is 18.5 Å². The van der Waals surface area contributed by atoms with Crippen LogP contribution in [0.5, 0.6) is 5.75 Å². The summed E-state index contributed by atoms with van der Waals surface area (Å²) in [6, 6.07) is 12.6. The lowest BCUT2D eigenvalue weighted by Crippen LogP contribution is -2.38. The number of likely N-dealkylation sites (tertiary alicyclic amines) is 1. The van der Waals surface area contributed by atoms with Crippen LogP contribution < -0.4 is 4.74 Å². The molecule has 0 saturated carbocycles. The van der Waals surface area contributed by atoms with Gasteiger partial charge in [-0.2, -0.15) is 13.2 Å². The fraction of sp³-hybridized carbons (Fsp3) is 0.393. The summed E-state index contributed by atoms with van der Waals surface area (Å²) in [6.07, 6.45) is 3.04. The lowest BCUT2D eigenvalue weighted by molar-refractivity contribution is -0.137. The Bertz CT molecular complexity index is 1100. The molecule has 2 aliphatic rings. The maximum absolute atomic E-state index is 12.8. The molecule has 1 N–H and O–H groups in total. The number of amides is 1. The number of alkyl halides is 3. The molecular weight excluding hydrogens is 505 g/mol. The van der Waals surface area contributed by atoms with Crippen LogP contribution in [0.25, 0.3) is 11.6 Å². The van der Waals surface area contributed by atoms with Crippen LogP contribution in [0.15, 0.2) is 60.7 Å². The van der Waals surface area contributed by atoms with Crippen molar-refractivity contribution in [3.63, 3.8) is 0 Å². The summed E-state index contributed by atoms with van der Waals surface area (Å²) in [4.78, 5) is 16.2. The Morgan fingerprint density at radius 2 is 1.76 bits per heavy atom. The quantitative estimate of drug-likeness (QED) is 0.466. The van der Waals surface area contributed by atoms with E-state index in [1.165, 1.54) is 12.1 Å². The van der Waals surface area contributed by atoms with E-state index in [0.29, 0.717) is 31.8 Å². The predicted molar refractivity (Wildman–Crippen MR) is 141 cm³/mol. The summed E-state index contributed by atoms with van der Waals surface area (Å²) in [5, 5.41) is 10.5. The number of aliphatic hydroxyl groups excluding tert-OH is 1. The third-order valence-corrected chi connectivity index (χ3v) is 6.52. The lowest BCUT2D eigenvalue weighted by Gasteiger charge is -2.28. The number of nitrogens with zero attached hydrogens (tertiary/aromatic N) is 2. The predicted octanol–water partition coefficient (Wildman–Crippen LogP) is 5.29. The van der Waals surface area contributed by atoms with Crippen LogP contribution in [0.2, 0.25) is 0 Å². The normalized spacial score (nSPS) is 17.4. The highest BCUT2D eigenvalue weighted by Crippen LogP contribution is 2.31. The first kappa shape index (κ1) is 28.8. The molecule has 200 valence electrons. The van der Waals surface area contributed by atoms with Gasteiger partial charge < -0.3 is 14.7 Å². The molecule has 1 atom stereocenters. The molecule has 5 nitrogen and oxygen atoms in total. The summed E-state index contributed by atoms with van der Waals surface area (Å²) in [6.45, 7) is 3.42. The van der Waals surface area contributed by atoms with Gasteiger partial charge in [-0.3, -0.25) is 9.69 Å². The molecule has 0 spiro atoms. The van der Waals surface area contributed by atoms with Crippen LogP contribution >= 0.6 is 12.4 Å². The van der Waals surface area contributed by atoms with Crippen molar-refractivity contribution < 1.29 is 27.8 Å². The molecule has 0 aromatic heterocycles. The molecule has 2 aliphatic heterocycles. The van der Waals surface area contributed by atoms with Crippen molar-refractivity contribution in [3.05, 3.63) is 77.4 Å². The number of hydrogen-bond donors (Lipinski definition) is 1. The van der Waals surface area contributed by atoms with Gasteiger partial charge in [-0.25, -0.2) is 0 Å². The van der Waals surface area contributed by atoms with Crippen molar-refractivity contribution in [2.45, 2.75) is 31.5 Å². The molecule has 1 amide bonds. The van der Waals surface area contributed by atoms with E-state index in [1.807, 2.05) is 35.2 Å². The minimum atomic E-state index is -4.34. The number of aliphatic hydroxyl groups is 1. The number of carbonyl (C=O) groups is 1. The number of ether oxygens (including phenoxy) is 1. The van der Waals surface area contributed by atoms with E-state index < -0.39 is 17.8 Å².